The van der Waals surface area contributed by atoms with Crippen molar-refractivity contribution in [2.24, 2.45) is 11.8 Å². The van der Waals surface area contributed by atoms with E-state index in [9.17, 15) is 9.59 Å². The number of hydrogen-bond donors (Lipinski definition) is 1. The van der Waals surface area contributed by atoms with Crippen molar-refractivity contribution in [3.05, 3.63) is 0 Å². The Balaban J connectivity index is 2.13. The van der Waals surface area contributed by atoms with Crippen molar-refractivity contribution < 1.29 is 19.1 Å². The monoisotopic (exact) mass is 314 g/mol. The van der Waals surface area contributed by atoms with Gasteiger partial charge in [-0.15, -0.1) is 0 Å². The number of nitrogens with one attached hydrogen (secondary N) is 1. The summed E-state index contributed by atoms with van der Waals surface area (Å²) in [5, 5.41) is 3.01. The Hall–Kier alpha value is -1.21. The fourth-order valence-electron chi connectivity index (χ4n) is 2.86. The zero-order valence-electron chi connectivity index (χ0n) is 13.0. The second kappa shape index (κ2) is 5.53. The van der Waals surface area contributed by atoms with Gasteiger partial charge in [0.1, 0.15) is 6.61 Å². The molecule has 0 saturated carbocycles. The Morgan fingerprint density at radius 1 is 1.52 bits per heavy atom. The number of amides is 2. The molecule has 21 heavy (non-hydrogen) atoms. The topological polar surface area (TPSA) is 67.9 Å². The maximum Gasteiger partial charge on any atom is 0.266 e. The summed E-state index contributed by atoms with van der Waals surface area (Å²) in [5.74, 6) is -0.896. The highest BCUT2D eigenvalue weighted by atomic mass is 32.1. The number of thiocarbonyl (C=S) groups is 1. The zero-order chi connectivity index (χ0) is 15.9. The van der Waals surface area contributed by atoms with Gasteiger partial charge in [-0.05, 0) is 33.0 Å². The number of carbonyl (C=O) groups excluding carboxylic acids is 2. The summed E-state index contributed by atoms with van der Waals surface area (Å²) in [6.45, 7) is 7.84. The van der Waals surface area contributed by atoms with Gasteiger partial charge in [0.05, 0.1) is 29.5 Å². The van der Waals surface area contributed by atoms with Gasteiger partial charge >= 0.3 is 0 Å². The van der Waals surface area contributed by atoms with E-state index >= 15 is 0 Å². The highest BCUT2D eigenvalue weighted by Gasteiger charge is 2.51. The molecule has 0 aliphatic carbocycles. The van der Waals surface area contributed by atoms with Gasteiger partial charge in [-0.25, -0.2) is 0 Å². The molecule has 0 radical (unpaired) electrons. The van der Waals surface area contributed by atoms with Gasteiger partial charge in [0.2, 0.25) is 11.8 Å². The van der Waals surface area contributed by atoms with Gasteiger partial charge in [0.15, 0.2) is 0 Å². The number of methoxy groups -OCH3 is 1. The molecule has 4 atom stereocenters. The Morgan fingerprint density at radius 2 is 2.14 bits per heavy atom. The van der Waals surface area contributed by atoms with E-state index in [4.69, 9.17) is 21.7 Å². The van der Waals surface area contributed by atoms with Crippen LogP contribution in [0.15, 0.2) is 0 Å². The van der Waals surface area contributed by atoms with Crippen molar-refractivity contribution >= 4 is 29.2 Å². The highest BCUT2D eigenvalue weighted by molar-refractivity contribution is 7.80. The SMILES string of the molecule is COC(C)C1C(=O)NC1C(C)C(=O)N1C(=S)OCC1(C)C. The number of nitrogens with zero attached hydrogens (tertiary/aromatic N) is 1. The summed E-state index contributed by atoms with van der Waals surface area (Å²) < 4.78 is 10.6. The number of ether oxygens (including phenoxy) is 2. The van der Waals surface area contributed by atoms with Gasteiger partial charge in [-0.3, -0.25) is 14.5 Å². The third-order valence-corrected chi connectivity index (χ3v) is 4.66. The molecular weight excluding hydrogens is 292 g/mol. The summed E-state index contributed by atoms with van der Waals surface area (Å²) in [7, 11) is 1.56. The van der Waals surface area contributed by atoms with E-state index in [2.05, 4.69) is 5.32 Å². The van der Waals surface area contributed by atoms with Crippen molar-refractivity contribution in [1.29, 1.82) is 0 Å². The minimum Gasteiger partial charge on any atom is -0.468 e. The van der Waals surface area contributed by atoms with E-state index in [0.717, 1.165) is 0 Å². The van der Waals surface area contributed by atoms with Gasteiger partial charge in [0.25, 0.3) is 5.17 Å². The molecule has 2 rings (SSSR count). The van der Waals surface area contributed by atoms with Crippen molar-refractivity contribution in [3.8, 4) is 0 Å². The second-order valence-electron chi connectivity index (χ2n) is 6.33. The quantitative estimate of drug-likeness (QED) is 0.611. The number of rotatable bonds is 4. The van der Waals surface area contributed by atoms with Crippen LogP contribution in [0.5, 0.6) is 0 Å². The lowest BCUT2D eigenvalue weighted by molar-refractivity contribution is -0.149. The molecule has 2 saturated heterocycles. The van der Waals surface area contributed by atoms with Crippen LogP contribution in [0, 0.1) is 11.8 Å². The van der Waals surface area contributed by atoms with Crippen molar-refractivity contribution in [2.45, 2.75) is 45.4 Å². The molecule has 4 unspecified atom stereocenters. The first-order chi connectivity index (χ1) is 9.70. The summed E-state index contributed by atoms with van der Waals surface area (Å²) in [4.78, 5) is 26.0. The van der Waals surface area contributed by atoms with E-state index in [1.165, 1.54) is 4.90 Å². The molecule has 0 aromatic carbocycles. The number of hydrogen-bond acceptors (Lipinski definition) is 5. The smallest absolute Gasteiger partial charge is 0.266 e. The minimum atomic E-state index is -0.460. The maximum absolute atomic E-state index is 12.7. The van der Waals surface area contributed by atoms with E-state index < -0.39 is 5.54 Å². The molecule has 1 N–H and O–H groups in total. The van der Waals surface area contributed by atoms with Crippen molar-refractivity contribution in [3.63, 3.8) is 0 Å². The molecule has 0 spiro atoms. The average Bonchev–Trinajstić information content (AvgIpc) is 2.67. The second-order valence-corrected chi connectivity index (χ2v) is 6.68. The lowest BCUT2D eigenvalue weighted by atomic mass is 9.78. The first-order valence-electron chi connectivity index (χ1n) is 7.04. The average molecular weight is 314 g/mol. The molecule has 2 aliphatic heterocycles. The summed E-state index contributed by atoms with van der Waals surface area (Å²) in [6.07, 6.45) is -0.228. The van der Waals surface area contributed by atoms with Crippen LogP contribution in [0.3, 0.4) is 0 Å². The summed E-state index contributed by atoms with van der Waals surface area (Å²) >= 11 is 5.12. The van der Waals surface area contributed by atoms with Crippen LogP contribution < -0.4 is 5.32 Å². The van der Waals surface area contributed by atoms with Crippen LogP contribution in [0.1, 0.15) is 27.7 Å². The third kappa shape index (κ3) is 2.64. The Labute approximate surface area is 130 Å². The van der Waals surface area contributed by atoms with Crippen LogP contribution >= 0.6 is 12.2 Å². The van der Waals surface area contributed by atoms with Crippen molar-refractivity contribution in [2.75, 3.05) is 13.7 Å². The Morgan fingerprint density at radius 3 is 2.57 bits per heavy atom. The number of carbonyl (C=O) groups is 2. The Kier molecular flexibility index (Phi) is 4.26. The first-order valence-corrected chi connectivity index (χ1v) is 7.45. The van der Waals surface area contributed by atoms with Crippen LogP contribution in [0.25, 0.3) is 0 Å². The van der Waals surface area contributed by atoms with Crippen molar-refractivity contribution in [1.82, 2.24) is 10.2 Å². The molecule has 7 heteroatoms. The fourth-order valence-corrected chi connectivity index (χ4v) is 3.26. The lowest BCUT2D eigenvalue weighted by Gasteiger charge is -2.43. The Bertz CT molecular complexity index is 480. The molecule has 0 aromatic rings. The molecule has 2 fully saturated rings. The normalized spacial score (nSPS) is 30.2. The molecule has 6 nitrogen and oxygen atoms in total. The van der Waals surface area contributed by atoms with E-state index in [0.29, 0.717) is 6.61 Å². The minimum absolute atomic E-state index is 0.0755. The predicted octanol–water partition coefficient (Wildman–Crippen LogP) is 0.694. The third-order valence-electron chi connectivity index (χ3n) is 4.36. The predicted molar refractivity (Wildman–Crippen MR) is 80.5 cm³/mol. The standard InChI is InChI=1S/C14H22N2O4S/c1-7(10-9(8(2)19-5)11(17)15-10)12(18)16-13(21)20-6-14(16,3)4/h7-10H,6H2,1-5H3,(H,15,17). The molecular formula is C14H22N2O4S. The van der Waals surface area contributed by atoms with Crippen LogP contribution in [0.2, 0.25) is 0 Å². The van der Waals surface area contributed by atoms with Crippen LogP contribution in [-0.4, -0.2) is 53.3 Å². The molecule has 0 bridgehead atoms. The molecule has 2 aliphatic rings. The summed E-state index contributed by atoms with van der Waals surface area (Å²) in [6, 6.07) is -0.237. The highest BCUT2D eigenvalue weighted by Crippen LogP contribution is 2.31. The van der Waals surface area contributed by atoms with Crippen LogP contribution in [0.4, 0.5) is 0 Å². The van der Waals surface area contributed by atoms with E-state index in [1.807, 2.05) is 20.8 Å². The fraction of sp³-hybridized carbons (Fsp3) is 0.786. The number of β-lactam (4-membered cyclic amide) rings is 1. The molecule has 0 aromatic heterocycles. The van der Waals surface area contributed by atoms with Gasteiger partial charge in [-0.1, -0.05) is 6.92 Å². The summed E-state index contributed by atoms with van der Waals surface area (Å²) in [5.41, 5.74) is -0.460. The van der Waals surface area contributed by atoms with Crippen LogP contribution in [-0.2, 0) is 19.1 Å². The molecule has 2 heterocycles. The van der Waals surface area contributed by atoms with Gasteiger partial charge in [0, 0.05) is 7.11 Å². The molecule has 118 valence electrons. The zero-order valence-corrected chi connectivity index (χ0v) is 13.8. The van der Waals surface area contributed by atoms with E-state index in [-0.39, 0.29) is 41.0 Å². The first kappa shape index (κ1) is 16.2. The van der Waals surface area contributed by atoms with E-state index in [1.54, 1.807) is 14.0 Å². The lowest BCUT2D eigenvalue weighted by Crippen LogP contribution is -2.67. The van der Waals surface area contributed by atoms with Gasteiger partial charge in [-0.2, -0.15) is 0 Å². The molecule has 2 amide bonds. The van der Waals surface area contributed by atoms with Gasteiger partial charge < -0.3 is 14.8 Å². The maximum atomic E-state index is 12.7. The largest absolute Gasteiger partial charge is 0.468 e.